The zero-order valence-electron chi connectivity index (χ0n) is 18.0. The maximum atomic E-state index is 11.9. The van der Waals surface area contributed by atoms with E-state index in [1.807, 2.05) is 29.2 Å². The van der Waals surface area contributed by atoms with Crippen LogP contribution >= 0.6 is 0 Å². The number of rotatable bonds is 8. The van der Waals surface area contributed by atoms with Gasteiger partial charge in [-0.1, -0.05) is 32.6 Å². The zero-order chi connectivity index (χ0) is 22.4. The van der Waals surface area contributed by atoms with Gasteiger partial charge >= 0.3 is 0 Å². The number of anilines is 3. The molecule has 1 saturated heterocycles. The Bertz CT molecular complexity index is 943. The molecular formula is C22H29N7O2. The Labute approximate surface area is 182 Å². The van der Waals surface area contributed by atoms with Gasteiger partial charge in [0.15, 0.2) is 11.5 Å². The van der Waals surface area contributed by atoms with Crippen molar-refractivity contribution in [2.45, 2.75) is 45.1 Å². The van der Waals surface area contributed by atoms with Crippen molar-refractivity contribution in [3.8, 4) is 0 Å². The highest BCUT2D eigenvalue weighted by Crippen LogP contribution is 2.25. The summed E-state index contributed by atoms with van der Waals surface area (Å²) in [5.74, 6) is 0.139. The van der Waals surface area contributed by atoms with E-state index in [1.165, 1.54) is 11.6 Å². The maximum absolute atomic E-state index is 11.9. The number of carbonyl (C=O) groups excluding carboxylic acids is 2. The van der Waals surface area contributed by atoms with Crippen LogP contribution in [-0.4, -0.2) is 46.1 Å². The van der Waals surface area contributed by atoms with Crippen LogP contribution in [0.2, 0.25) is 0 Å². The molecule has 1 aromatic carbocycles. The number of benzene rings is 1. The van der Waals surface area contributed by atoms with Crippen LogP contribution < -0.4 is 21.3 Å². The van der Waals surface area contributed by atoms with E-state index in [9.17, 15) is 9.59 Å². The maximum Gasteiger partial charge on any atom is 0.273 e. The van der Waals surface area contributed by atoms with Crippen LogP contribution in [0.3, 0.4) is 0 Å². The topological polar surface area (TPSA) is 126 Å². The minimum absolute atomic E-state index is 0.0230. The second kappa shape index (κ2) is 10.0. The number of aromatic nitrogens is 3. The van der Waals surface area contributed by atoms with E-state index in [4.69, 9.17) is 5.73 Å². The van der Waals surface area contributed by atoms with Gasteiger partial charge in [0.2, 0.25) is 11.9 Å². The standard InChI is InChI=1S/C22H29N7O2/c1-4-18(30)24-13-17-7-5-6-12-29(17)22-26-21(19(20(23)31)27-28-22)25-16-10-8-15(9-11-16)14(2)3/h4,8-11,14,17H,1,5-7,12-13H2,2-3H3,(H2,23,31)(H,24,30)(H,25,26,28). The van der Waals surface area contributed by atoms with Gasteiger partial charge < -0.3 is 21.3 Å². The molecule has 9 nitrogen and oxygen atoms in total. The normalized spacial score (nSPS) is 16.1. The van der Waals surface area contributed by atoms with E-state index in [-0.39, 0.29) is 23.5 Å². The third-order valence-corrected chi connectivity index (χ3v) is 5.33. The number of nitrogens with two attached hydrogens (primary N) is 1. The van der Waals surface area contributed by atoms with Crippen LogP contribution in [-0.2, 0) is 4.79 Å². The Balaban J connectivity index is 1.86. The molecule has 1 aliphatic heterocycles. The lowest BCUT2D eigenvalue weighted by Gasteiger charge is -2.35. The van der Waals surface area contributed by atoms with Crippen molar-refractivity contribution in [1.29, 1.82) is 0 Å². The summed E-state index contributed by atoms with van der Waals surface area (Å²) >= 11 is 0. The van der Waals surface area contributed by atoms with E-state index in [2.05, 4.69) is 46.2 Å². The Kier molecular flexibility index (Phi) is 7.17. The first-order valence-electron chi connectivity index (χ1n) is 10.5. The summed E-state index contributed by atoms with van der Waals surface area (Å²) < 4.78 is 0. The average Bonchev–Trinajstić information content (AvgIpc) is 2.77. The molecule has 3 rings (SSSR count). The van der Waals surface area contributed by atoms with Crippen molar-refractivity contribution in [3.05, 3.63) is 48.2 Å². The number of nitrogens with zero attached hydrogens (tertiary/aromatic N) is 4. The fraction of sp³-hybridized carbons (Fsp3) is 0.409. The molecule has 0 bridgehead atoms. The van der Waals surface area contributed by atoms with Crippen LogP contribution in [0, 0.1) is 0 Å². The molecule has 164 valence electrons. The highest BCUT2D eigenvalue weighted by Gasteiger charge is 2.27. The number of amides is 2. The van der Waals surface area contributed by atoms with E-state index < -0.39 is 5.91 Å². The lowest BCUT2D eigenvalue weighted by molar-refractivity contribution is -0.116. The van der Waals surface area contributed by atoms with Gasteiger partial charge in [-0.05, 0) is 49.0 Å². The molecule has 1 aromatic heterocycles. The third kappa shape index (κ3) is 5.56. The molecule has 31 heavy (non-hydrogen) atoms. The first kappa shape index (κ1) is 22.2. The Morgan fingerprint density at radius 1 is 1.26 bits per heavy atom. The molecule has 2 heterocycles. The molecule has 1 unspecified atom stereocenters. The first-order chi connectivity index (χ1) is 14.9. The van der Waals surface area contributed by atoms with Gasteiger partial charge in [-0.3, -0.25) is 9.59 Å². The molecule has 0 saturated carbocycles. The minimum Gasteiger partial charge on any atom is -0.364 e. The van der Waals surface area contributed by atoms with Gasteiger partial charge in [0.05, 0.1) is 0 Å². The molecular weight excluding hydrogens is 394 g/mol. The summed E-state index contributed by atoms with van der Waals surface area (Å²) in [5.41, 5.74) is 7.45. The van der Waals surface area contributed by atoms with Crippen LogP contribution in [0.25, 0.3) is 0 Å². The van der Waals surface area contributed by atoms with Crippen molar-refractivity contribution in [1.82, 2.24) is 20.5 Å². The lowest BCUT2D eigenvalue weighted by atomic mass is 10.0. The van der Waals surface area contributed by atoms with Gasteiger partial charge in [-0.2, -0.15) is 4.98 Å². The minimum atomic E-state index is -0.707. The fourth-order valence-electron chi connectivity index (χ4n) is 3.55. The quantitative estimate of drug-likeness (QED) is 0.557. The van der Waals surface area contributed by atoms with E-state index in [0.29, 0.717) is 18.4 Å². The van der Waals surface area contributed by atoms with Crippen molar-refractivity contribution >= 4 is 29.3 Å². The average molecular weight is 424 g/mol. The van der Waals surface area contributed by atoms with Crippen LogP contribution in [0.1, 0.15) is 55.1 Å². The molecule has 0 spiro atoms. The second-order valence-corrected chi connectivity index (χ2v) is 7.87. The van der Waals surface area contributed by atoms with Gasteiger partial charge in [0, 0.05) is 24.8 Å². The summed E-state index contributed by atoms with van der Waals surface area (Å²) in [7, 11) is 0. The zero-order valence-corrected chi connectivity index (χ0v) is 18.0. The van der Waals surface area contributed by atoms with Crippen LogP contribution in [0.15, 0.2) is 36.9 Å². The molecule has 9 heteroatoms. The summed E-state index contributed by atoms with van der Waals surface area (Å²) in [4.78, 5) is 30.1. The predicted molar refractivity (Wildman–Crippen MR) is 120 cm³/mol. The molecule has 0 radical (unpaired) electrons. The van der Waals surface area contributed by atoms with E-state index in [0.717, 1.165) is 31.5 Å². The van der Waals surface area contributed by atoms with E-state index in [1.54, 1.807) is 0 Å². The van der Waals surface area contributed by atoms with Crippen molar-refractivity contribution in [2.24, 2.45) is 5.73 Å². The third-order valence-electron chi connectivity index (χ3n) is 5.33. The predicted octanol–water partition coefficient (Wildman–Crippen LogP) is 2.50. The van der Waals surface area contributed by atoms with Crippen molar-refractivity contribution in [2.75, 3.05) is 23.3 Å². The molecule has 2 aromatic rings. The van der Waals surface area contributed by atoms with Crippen LogP contribution in [0.5, 0.6) is 0 Å². The number of primary amides is 1. The molecule has 2 amide bonds. The summed E-state index contributed by atoms with van der Waals surface area (Å²) in [5, 5.41) is 14.2. The Morgan fingerprint density at radius 2 is 2.00 bits per heavy atom. The summed E-state index contributed by atoms with van der Waals surface area (Å²) in [6.45, 7) is 8.91. The second-order valence-electron chi connectivity index (χ2n) is 7.87. The van der Waals surface area contributed by atoms with E-state index >= 15 is 0 Å². The molecule has 1 atom stereocenters. The smallest absolute Gasteiger partial charge is 0.273 e. The summed E-state index contributed by atoms with van der Waals surface area (Å²) in [6.07, 6.45) is 4.16. The van der Waals surface area contributed by atoms with Crippen molar-refractivity contribution in [3.63, 3.8) is 0 Å². The van der Waals surface area contributed by atoms with Gasteiger partial charge in [0.25, 0.3) is 5.91 Å². The number of piperidine rings is 1. The fourth-order valence-corrected chi connectivity index (χ4v) is 3.55. The van der Waals surface area contributed by atoms with Crippen LogP contribution in [0.4, 0.5) is 17.5 Å². The summed E-state index contributed by atoms with van der Waals surface area (Å²) in [6, 6.07) is 7.93. The number of carbonyl (C=O) groups is 2. The number of hydrogen-bond donors (Lipinski definition) is 3. The SMILES string of the molecule is C=CC(=O)NCC1CCCCN1c1nnc(C(N)=O)c(Nc2ccc(C(C)C)cc2)n1. The molecule has 4 N–H and O–H groups in total. The van der Waals surface area contributed by atoms with Gasteiger partial charge in [-0.15, -0.1) is 10.2 Å². The highest BCUT2D eigenvalue weighted by atomic mass is 16.1. The number of hydrogen-bond acceptors (Lipinski definition) is 7. The van der Waals surface area contributed by atoms with Gasteiger partial charge in [0.1, 0.15) is 0 Å². The molecule has 1 aliphatic rings. The van der Waals surface area contributed by atoms with Gasteiger partial charge in [-0.25, -0.2) is 0 Å². The Morgan fingerprint density at radius 3 is 2.65 bits per heavy atom. The lowest BCUT2D eigenvalue weighted by Crippen LogP contribution is -2.47. The first-order valence-corrected chi connectivity index (χ1v) is 10.5. The number of nitrogens with one attached hydrogen (secondary N) is 2. The highest BCUT2D eigenvalue weighted by molar-refractivity contribution is 5.96. The molecule has 1 fully saturated rings. The monoisotopic (exact) mass is 423 g/mol. The van der Waals surface area contributed by atoms with Crippen molar-refractivity contribution < 1.29 is 9.59 Å². The largest absolute Gasteiger partial charge is 0.364 e. The molecule has 0 aliphatic carbocycles. The Hall–Kier alpha value is -3.49.